The summed E-state index contributed by atoms with van der Waals surface area (Å²) in [6.07, 6.45) is -0.703. The molecule has 0 aromatic rings. The van der Waals surface area contributed by atoms with Crippen LogP contribution in [0.4, 0.5) is 4.79 Å². The van der Waals surface area contributed by atoms with E-state index in [9.17, 15) is 14.8 Å². The van der Waals surface area contributed by atoms with Gasteiger partial charge < -0.3 is 20.0 Å². The molecule has 1 aliphatic rings. The minimum atomic E-state index is -0.890. The number of alkyl carbamates (subject to hydrolysis) is 1. The second-order valence-corrected chi connectivity index (χ2v) is 10.0. The van der Waals surface area contributed by atoms with Crippen molar-refractivity contribution in [2.24, 2.45) is 5.11 Å². The van der Waals surface area contributed by atoms with E-state index in [1.165, 1.54) is 23.9 Å². The number of esters is 1. The first-order valence-electron chi connectivity index (χ1n) is 9.56. The molecule has 0 unspecified atom stereocenters. The minimum Gasteiger partial charge on any atom is -0.467 e. The zero-order chi connectivity index (χ0) is 23.3. The number of hydrogen-bond donors (Lipinski definition) is 2. The van der Waals surface area contributed by atoms with Gasteiger partial charge in [0, 0.05) is 23.0 Å². The Hall–Kier alpha value is -1.94. The van der Waals surface area contributed by atoms with E-state index in [-0.39, 0.29) is 12.3 Å². The lowest BCUT2D eigenvalue weighted by molar-refractivity contribution is -0.187. The SMILES string of the molecule is COC(=O)[C@@H](CSCC1=C(CN=[N+]=[N-])C(C)(C)N(O)C1(C)C)NC(=O)OC(C)(C)C. The predicted octanol–water partition coefficient (Wildman–Crippen LogP) is 3.65. The van der Waals surface area contributed by atoms with Crippen molar-refractivity contribution in [2.75, 3.05) is 25.2 Å². The summed E-state index contributed by atoms with van der Waals surface area (Å²) in [5, 5.41) is 18.2. The quantitative estimate of drug-likeness (QED) is 0.192. The molecule has 0 fully saturated rings. The van der Waals surface area contributed by atoms with Crippen LogP contribution in [0.3, 0.4) is 0 Å². The van der Waals surface area contributed by atoms with Crippen molar-refractivity contribution >= 4 is 23.8 Å². The first kappa shape index (κ1) is 26.1. The van der Waals surface area contributed by atoms with Gasteiger partial charge in [0.2, 0.25) is 0 Å². The van der Waals surface area contributed by atoms with Gasteiger partial charge in [0.15, 0.2) is 0 Å². The van der Waals surface area contributed by atoms with Crippen molar-refractivity contribution in [1.82, 2.24) is 10.4 Å². The number of hydroxylamine groups is 2. The molecular formula is C19H33N5O5S. The summed E-state index contributed by atoms with van der Waals surface area (Å²) in [4.78, 5) is 27.0. The Morgan fingerprint density at radius 2 is 1.83 bits per heavy atom. The molecule has 1 heterocycles. The highest BCUT2D eigenvalue weighted by Gasteiger charge is 2.49. The third kappa shape index (κ3) is 6.28. The second kappa shape index (κ2) is 9.91. The van der Waals surface area contributed by atoms with Crippen LogP contribution < -0.4 is 5.32 Å². The van der Waals surface area contributed by atoms with Crippen LogP contribution in [0.1, 0.15) is 48.5 Å². The molecular weight excluding hydrogens is 410 g/mol. The Balaban J connectivity index is 2.97. The Morgan fingerprint density at radius 3 is 2.33 bits per heavy atom. The number of hydrogen-bond acceptors (Lipinski definition) is 8. The van der Waals surface area contributed by atoms with Crippen LogP contribution >= 0.6 is 11.8 Å². The van der Waals surface area contributed by atoms with E-state index in [1.54, 1.807) is 20.8 Å². The first-order valence-corrected chi connectivity index (χ1v) is 10.7. The predicted molar refractivity (Wildman–Crippen MR) is 115 cm³/mol. The van der Waals surface area contributed by atoms with Crippen LogP contribution in [-0.2, 0) is 14.3 Å². The molecule has 2 N–H and O–H groups in total. The molecule has 0 aromatic carbocycles. The van der Waals surface area contributed by atoms with Gasteiger partial charge in [-0.1, -0.05) is 5.11 Å². The largest absolute Gasteiger partial charge is 0.467 e. The van der Waals surface area contributed by atoms with Crippen LogP contribution in [0.2, 0.25) is 0 Å². The summed E-state index contributed by atoms with van der Waals surface area (Å²) in [6, 6.07) is -0.890. The Kier molecular flexibility index (Phi) is 8.62. The fourth-order valence-electron chi connectivity index (χ4n) is 3.39. The molecule has 1 rings (SSSR count). The van der Waals surface area contributed by atoms with Gasteiger partial charge in [0.1, 0.15) is 11.6 Å². The average Bonchev–Trinajstić information content (AvgIpc) is 2.74. The number of ether oxygens (including phenoxy) is 2. The molecule has 1 amide bonds. The molecule has 170 valence electrons. The summed E-state index contributed by atoms with van der Waals surface area (Å²) >= 11 is 1.40. The van der Waals surface area contributed by atoms with Crippen molar-refractivity contribution in [1.29, 1.82) is 0 Å². The van der Waals surface area contributed by atoms with E-state index in [0.717, 1.165) is 11.1 Å². The molecule has 0 saturated heterocycles. The zero-order valence-electron chi connectivity index (χ0n) is 19.0. The summed E-state index contributed by atoms with van der Waals surface area (Å²) in [7, 11) is 1.25. The van der Waals surface area contributed by atoms with Gasteiger partial charge in [-0.3, -0.25) is 0 Å². The molecule has 0 bridgehead atoms. The number of thioether (sulfide) groups is 1. The molecule has 0 aliphatic carbocycles. The van der Waals surface area contributed by atoms with Gasteiger partial charge in [-0.2, -0.15) is 16.8 Å². The van der Waals surface area contributed by atoms with Crippen LogP contribution in [0.15, 0.2) is 16.3 Å². The summed E-state index contributed by atoms with van der Waals surface area (Å²) in [5.41, 5.74) is 8.39. The lowest BCUT2D eigenvalue weighted by atomic mass is 9.91. The molecule has 11 heteroatoms. The first-order chi connectivity index (χ1) is 13.7. The lowest BCUT2D eigenvalue weighted by Gasteiger charge is -2.37. The monoisotopic (exact) mass is 443 g/mol. The molecule has 1 aliphatic heterocycles. The zero-order valence-corrected chi connectivity index (χ0v) is 19.8. The highest BCUT2D eigenvalue weighted by molar-refractivity contribution is 7.99. The topological polar surface area (TPSA) is 137 Å². The molecule has 0 spiro atoms. The van der Waals surface area contributed by atoms with E-state index in [2.05, 4.69) is 15.3 Å². The fourth-order valence-corrected chi connectivity index (χ4v) is 4.69. The molecule has 0 aromatic heterocycles. The van der Waals surface area contributed by atoms with Crippen molar-refractivity contribution in [3.8, 4) is 0 Å². The number of methoxy groups -OCH3 is 1. The van der Waals surface area contributed by atoms with Gasteiger partial charge in [-0.05, 0) is 65.1 Å². The van der Waals surface area contributed by atoms with E-state index < -0.39 is 34.8 Å². The second-order valence-electron chi connectivity index (χ2n) is 9.01. The lowest BCUT2D eigenvalue weighted by Crippen LogP contribution is -2.49. The molecule has 1 atom stereocenters. The number of rotatable bonds is 8. The van der Waals surface area contributed by atoms with E-state index >= 15 is 0 Å². The maximum Gasteiger partial charge on any atom is 0.408 e. The normalized spacial score (nSPS) is 19.1. The van der Waals surface area contributed by atoms with E-state index in [1.807, 2.05) is 27.7 Å². The Bertz CT molecular complexity index is 738. The Morgan fingerprint density at radius 1 is 1.27 bits per heavy atom. The van der Waals surface area contributed by atoms with Crippen LogP contribution in [0.5, 0.6) is 0 Å². The fraction of sp³-hybridized carbons (Fsp3) is 0.789. The summed E-state index contributed by atoms with van der Waals surface area (Å²) < 4.78 is 10.0. The maximum absolute atomic E-state index is 12.1. The summed E-state index contributed by atoms with van der Waals surface area (Å²) in [5.74, 6) is 0.130. The van der Waals surface area contributed by atoms with Gasteiger partial charge in [0.25, 0.3) is 0 Å². The number of amides is 1. The molecule has 0 saturated carbocycles. The maximum atomic E-state index is 12.1. The van der Waals surface area contributed by atoms with Crippen LogP contribution in [0.25, 0.3) is 10.4 Å². The van der Waals surface area contributed by atoms with Crippen molar-refractivity contribution in [3.63, 3.8) is 0 Å². The number of nitrogens with zero attached hydrogens (tertiary/aromatic N) is 4. The van der Waals surface area contributed by atoms with Crippen molar-refractivity contribution in [2.45, 2.75) is 71.2 Å². The summed E-state index contributed by atoms with van der Waals surface area (Å²) in [6.45, 7) is 12.8. The van der Waals surface area contributed by atoms with Gasteiger partial charge in [-0.15, -0.1) is 0 Å². The Labute approximate surface area is 181 Å². The van der Waals surface area contributed by atoms with Gasteiger partial charge in [-0.25, -0.2) is 9.59 Å². The average molecular weight is 444 g/mol. The van der Waals surface area contributed by atoms with Crippen LogP contribution in [0, 0.1) is 0 Å². The molecule has 0 radical (unpaired) electrons. The number of nitrogens with one attached hydrogen (secondary N) is 1. The number of carbonyl (C=O) groups excluding carboxylic acids is 2. The highest BCUT2D eigenvalue weighted by atomic mass is 32.2. The highest BCUT2D eigenvalue weighted by Crippen LogP contribution is 2.45. The third-order valence-corrected chi connectivity index (χ3v) is 5.96. The van der Waals surface area contributed by atoms with Crippen LogP contribution in [-0.4, -0.2) is 70.2 Å². The van der Waals surface area contributed by atoms with E-state index in [0.29, 0.717) is 5.75 Å². The van der Waals surface area contributed by atoms with E-state index in [4.69, 9.17) is 15.0 Å². The van der Waals surface area contributed by atoms with Crippen molar-refractivity contribution in [3.05, 3.63) is 21.6 Å². The van der Waals surface area contributed by atoms with Gasteiger partial charge in [0.05, 0.1) is 18.2 Å². The number of azide groups is 1. The third-order valence-electron chi connectivity index (χ3n) is 4.90. The minimum absolute atomic E-state index is 0.135. The van der Waals surface area contributed by atoms with Crippen molar-refractivity contribution < 1.29 is 24.3 Å². The standard InChI is InChI=1S/C19H33N5O5S/c1-17(2,3)29-16(26)22-14(15(25)28-8)11-30-10-13-12(9-21-23-20)18(4,5)24(27)19(13,6)7/h14,27H,9-11H2,1-8H3,(H,22,26)/t14-/m1/s1. The molecule has 10 nitrogen and oxygen atoms in total. The smallest absolute Gasteiger partial charge is 0.408 e. The number of carbonyl (C=O) groups is 2. The van der Waals surface area contributed by atoms with Gasteiger partial charge >= 0.3 is 12.1 Å². The molecule has 30 heavy (non-hydrogen) atoms.